The monoisotopic (exact) mass is 203 g/mol. The van der Waals surface area contributed by atoms with Gasteiger partial charge in [-0.2, -0.15) is 0 Å². The zero-order valence-electron chi connectivity index (χ0n) is 9.68. The van der Waals surface area contributed by atoms with Gasteiger partial charge in [0.25, 0.3) is 0 Å². The van der Waals surface area contributed by atoms with Crippen LogP contribution in [0, 0.1) is 0 Å². The third-order valence-corrected chi connectivity index (χ3v) is 2.42. The molecule has 0 aliphatic heterocycles. The van der Waals surface area contributed by atoms with Gasteiger partial charge in [-0.05, 0) is 27.2 Å². The lowest BCUT2D eigenvalue weighted by molar-refractivity contribution is -0.160. The zero-order valence-corrected chi connectivity index (χ0v) is 9.68. The van der Waals surface area contributed by atoms with E-state index in [2.05, 4.69) is 10.1 Å². The number of ether oxygens (including phenoxy) is 1. The Labute approximate surface area is 85.6 Å². The van der Waals surface area contributed by atoms with Crippen molar-refractivity contribution in [2.75, 3.05) is 13.7 Å². The Balaban J connectivity index is 4.18. The molecule has 0 saturated carbocycles. The molecule has 0 heterocycles. The van der Waals surface area contributed by atoms with Gasteiger partial charge in [0.1, 0.15) is 0 Å². The van der Waals surface area contributed by atoms with Gasteiger partial charge in [0.15, 0.2) is 5.60 Å². The second-order valence-electron chi connectivity index (χ2n) is 4.36. The molecule has 0 amide bonds. The van der Waals surface area contributed by atoms with E-state index in [0.29, 0.717) is 0 Å². The quantitative estimate of drug-likeness (QED) is 0.645. The third-order valence-electron chi connectivity index (χ3n) is 2.42. The first-order valence-corrected chi connectivity index (χ1v) is 4.81. The first kappa shape index (κ1) is 13.4. The van der Waals surface area contributed by atoms with Crippen molar-refractivity contribution in [3.05, 3.63) is 0 Å². The average Bonchev–Trinajstić information content (AvgIpc) is 2.14. The van der Waals surface area contributed by atoms with Crippen molar-refractivity contribution in [2.45, 2.75) is 45.3 Å². The lowest BCUT2D eigenvalue weighted by Crippen LogP contribution is -2.51. The number of β-amino-alcohol motifs (C(OH)–C–C–N with tert-alkyl or cyclic N) is 1. The molecule has 1 unspecified atom stereocenters. The minimum atomic E-state index is -1.46. The zero-order chi connectivity index (χ0) is 11.4. The number of aliphatic hydroxyl groups is 1. The van der Waals surface area contributed by atoms with E-state index in [1.165, 1.54) is 14.0 Å². The Morgan fingerprint density at radius 2 is 1.93 bits per heavy atom. The molecule has 2 N–H and O–H groups in total. The highest BCUT2D eigenvalue weighted by Crippen LogP contribution is 2.10. The van der Waals surface area contributed by atoms with Crippen molar-refractivity contribution in [3.63, 3.8) is 0 Å². The van der Waals surface area contributed by atoms with Crippen molar-refractivity contribution >= 4 is 5.97 Å². The van der Waals surface area contributed by atoms with Crippen LogP contribution in [0.15, 0.2) is 0 Å². The molecule has 0 radical (unpaired) electrons. The molecular formula is C10H21NO3. The summed E-state index contributed by atoms with van der Waals surface area (Å²) >= 11 is 0. The predicted molar refractivity (Wildman–Crippen MR) is 55.0 cm³/mol. The Kier molecular flexibility index (Phi) is 4.55. The molecule has 0 rings (SSSR count). The predicted octanol–water partition coefficient (Wildman–Crippen LogP) is 0.689. The number of esters is 1. The van der Waals surface area contributed by atoms with Crippen LogP contribution in [-0.4, -0.2) is 35.9 Å². The van der Waals surface area contributed by atoms with Crippen LogP contribution in [0.3, 0.4) is 0 Å². The van der Waals surface area contributed by atoms with Gasteiger partial charge in [0.05, 0.1) is 7.11 Å². The van der Waals surface area contributed by atoms with Crippen LogP contribution in [-0.2, 0) is 9.53 Å². The average molecular weight is 203 g/mol. The van der Waals surface area contributed by atoms with Crippen LogP contribution in [0.2, 0.25) is 0 Å². The largest absolute Gasteiger partial charge is 0.467 e. The molecule has 0 aliphatic rings. The van der Waals surface area contributed by atoms with E-state index in [-0.39, 0.29) is 12.1 Å². The van der Waals surface area contributed by atoms with Crippen LogP contribution >= 0.6 is 0 Å². The molecule has 0 aromatic heterocycles. The molecule has 0 aromatic carbocycles. The van der Waals surface area contributed by atoms with E-state index in [0.717, 1.165) is 6.42 Å². The minimum Gasteiger partial charge on any atom is -0.467 e. The van der Waals surface area contributed by atoms with Crippen molar-refractivity contribution in [2.24, 2.45) is 0 Å². The van der Waals surface area contributed by atoms with Crippen molar-refractivity contribution in [3.8, 4) is 0 Å². The van der Waals surface area contributed by atoms with Crippen molar-refractivity contribution in [1.29, 1.82) is 0 Å². The molecule has 0 saturated heterocycles. The summed E-state index contributed by atoms with van der Waals surface area (Å²) in [5.41, 5.74) is -1.54. The van der Waals surface area contributed by atoms with Crippen molar-refractivity contribution < 1.29 is 14.6 Å². The maximum atomic E-state index is 11.1. The van der Waals surface area contributed by atoms with Crippen LogP contribution in [0.4, 0.5) is 0 Å². The fourth-order valence-corrected chi connectivity index (χ4v) is 0.828. The third kappa shape index (κ3) is 4.07. The van der Waals surface area contributed by atoms with E-state index in [4.69, 9.17) is 0 Å². The van der Waals surface area contributed by atoms with Gasteiger partial charge in [-0.3, -0.25) is 0 Å². The first-order valence-electron chi connectivity index (χ1n) is 4.81. The van der Waals surface area contributed by atoms with E-state index < -0.39 is 11.6 Å². The van der Waals surface area contributed by atoms with Crippen LogP contribution in [0.5, 0.6) is 0 Å². The Morgan fingerprint density at radius 3 is 2.29 bits per heavy atom. The summed E-state index contributed by atoms with van der Waals surface area (Å²) in [6.45, 7) is 7.71. The van der Waals surface area contributed by atoms with Gasteiger partial charge in [-0.15, -0.1) is 0 Å². The van der Waals surface area contributed by atoms with E-state index in [1.54, 1.807) is 0 Å². The maximum Gasteiger partial charge on any atom is 0.338 e. The highest BCUT2D eigenvalue weighted by Gasteiger charge is 2.32. The molecule has 0 spiro atoms. The number of methoxy groups -OCH3 is 1. The highest BCUT2D eigenvalue weighted by molar-refractivity contribution is 5.78. The second kappa shape index (κ2) is 4.75. The molecule has 0 bridgehead atoms. The number of carbonyl (C=O) groups is 1. The number of hydrogen-bond acceptors (Lipinski definition) is 4. The lowest BCUT2D eigenvalue weighted by atomic mass is 9.99. The number of rotatable bonds is 5. The van der Waals surface area contributed by atoms with Crippen LogP contribution < -0.4 is 5.32 Å². The van der Waals surface area contributed by atoms with Gasteiger partial charge in [0.2, 0.25) is 0 Å². The molecule has 0 aliphatic carbocycles. The number of hydrogen-bond donors (Lipinski definition) is 2. The maximum absolute atomic E-state index is 11.1. The first-order chi connectivity index (χ1) is 6.25. The van der Waals surface area contributed by atoms with E-state index >= 15 is 0 Å². The van der Waals surface area contributed by atoms with Gasteiger partial charge >= 0.3 is 5.97 Å². The molecule has 14 heavy (non-hydrogen) atoms. The molecule has 84 valence electrons. The smallest absolute Gasteiger partial charge is 0.338 e. The molecule has 4 heteroatoms. The normalized spacial score (nSPS) is 16.1. The fourth-order valence-electron chi connectivity index (χ4n) is 0.828. The van der Waals surface area contributed by atoms with Gasteiger partial charge < -0.3 is 15.2 Å². The summed E-state index contributed by atoms with van der Waals surface area (Å²) in [6, 6.07) is 0. The standard InChI is InChI=1S/C10H21NO3/c1-6-9(2,3)11-7-10(4,13)8(12)14-5/h11,13H,6-7H2,1-5H3. The van der Waals surface area contributed by atoms with Crippen LogP contribution in [0.1, 0.15) is 34.1 Å². The summed E-state index contributed by atoms with van der Waals surface area (Å²) < 4.78 is 4.48. The van der Waals surface area contributed by atoms with Crippen molar-refractivity contribution in [1.82, 2.24) is 5.32 Å². The van der Waals surface area contributed by atoms with Gasteiger partial charge in [-0.1, -0.05) is 6.92 Å². The molecule has 4 nitrogen and oxygen atoms in total. The number of carbonyl (C=O) groups excluding carboxylic acids is 1. The van der Waals surface area contributed by atoms with Gasteiger partial charge in [0, 0.05) is 12.1 Å². The second-order valence-corrected chi connectivity index (χ2v) is 4.36. The minimum absolute atomic E-state index is 0.0853. The van der Waals surface area contributed by atoms with E-state index in [1.807, 2.05) is 20.8 Å². The van der Waals surface area contributed by atoms with E-state index in [9.17, 15) is 9.90 Å². The SMILES string of the molecule is CCC(C)(C)NCC(C)(O)C(=O)OC. The molecule has 1 atom stereocenters. The lowest BCUT2D eigenvalue weighted by Gasteiger charge is -2.29. The molecule has 0 aromatic rings. The van der Waals surface area contributed by atoms with Crippen LogP contribution in [0.25, 0.3) is 0 Å². The van der Waals surface area contributed by atoms with Gasteiger partial charge in [-0.25, -0.2) is 4.79 Å². The summed E-state index contributed by atoms with van der Waals surface area (Å²) in [5.74, 6) is -0.614. The molecule has 0 fully saturated rings. The summed E-state index contributed by atoms with van der Waals surface area (Å²) in [6.07, 6.45) is 0.921. The highest BCUT2D eigenvalue weighted by atomic mass is 16.5. The summed E-state index contributed by atoms with van der Waals surface area (Å²) in [5, 5.41) is 12.8. The fraction of sp³-hybridized carbons (Fsp3) is 0.900. The summed E-state index contributed by atoms with van der Waals surface area (Å²) in [7, 11) is 1.27. The Bertz CT molecular complexity index is 200. The topological polar surface area (TPSA) is 58.6 Å². The molecular weight excluding hydrogens is 182 g/mol. The summed E-state index contributed by atoms with van der Waals surface area (Å²) in [4.78, 5) is 11.1. The Hall–Kier alpha value is -0.610. The number of nitrogens with one attached hydrogen (secondary N) is 1. The Morgan fingerprint density at radius 1 is 1.43 bits per heavy atom.